The van der Waals surface area contributed by atoms with E-state index in [2.05, 4.69) is 35.8 Å². The number of hydroxylamine groups is 3. The summed E-state index contributed by atoms with van der Waals surface area (Å²) in [4.78, 5) is 0. The Labute approximate surface area is 143 Å². The van der Waals surface area contributed by atoms with Gasteiger partial charge in [0.15, 0.2) is 0 Å². The summed E-state index contributed by atoms with van der Waals surface area (Å²) in [7, 11) is 1.82. The number of quaternary nitrogens is 1. The molecule has 4 atom stereocenters. The molecule has 0 aliphatic carbocycles. The first-order valence-electron chi connectivity index (χ1n) is 9.36. The second-order valence-corrected chi connectivity index (χ2v) is 8.02. The Bertz CT molecular complexity index is 813. The van der Waals surface area contributed by atoms with Gasteiger partial charge in [-0.25, -0.2) is 0 Å². The van der Waals surface area contributed by atoms with Crippen LogP contribution in [-0.4, -0.2) is 29.4 Å². The third-order valence-electron chi connectivity index (χ3n) is 7.16. The molecule has 4 heterocycles. The number of piperidine rings is 1. The summed E-state index contributed by atoms with van der Waals surface area (Å²) in [5.41, 5.74) is 4.07. The van der Waals surface area contributed by atoms with Gasteiger partial charge in [0, 0.05) is 30.8 Å². The zero-order chi connectivity index (χ0) is 16.5. The molecule has 2 aromatic rings. The van der Waals surface area contributed by atoms with E-state index in [1.165, 1.54) is 22.2 Å². The number of para-hydroxylation sites is 1. The van der Waals surface area contributed by atoms with E-state index in [1.54, 1.807) is 0 Å². The summed E-state index contributed by atoms with van der Waals surface area (Å²) in [6.45, 7) is 3.80. The van der Waals surface area contributed by atoms with Crippen molar-refractivity contribution in [2.75, 3.05) is 20.2 Å². The van der Waals surface area contributed by atoms with Gasteiger partial charge in [-0.3, -0.25) is 0 Å². The van der Waals surface area contributed by atoms with E-state index in [0.717, 1.165) is 45.2 Å². The minimum Gasteiger partial charge on any atom is -0.632 e. The summed E-state index contributed by atoms with van der Waals surface area (Å²) in [6, 6.07) is 8.74. The van der Waals surface area contributed by atoms with Crippen LogP contribution < -0.4 is 0 Å². The Morgan fingerprint density at radius 3 is 2.96 bits per heavy atom. The Morgan fingerprint density at radius 2 is 2.17 bits per heavy atom. The van der Waals surface area contributed by atoms with Crippen LogP contribution in [0.4, 0.5) is 0 Å². The first kappa shape index (κ1) is 14.9. The molecule has 128 valence electrons. The number of benzene rings is 1. The molecule has 4 heteroatoms. The number of fused-ring (bicyclic) bond motifs is 3. The van der Waals surface area contributed by atoms with Crippen molar-refractivity contribution in [3.63, 3.8) is 0 Å². The van der Waals surface area contributed by atoms with Crippen molar-refractivity contribution in [1.29, 1.82) is 0 Å². The predicted octanol–water partition coefficient (Wildman–Crippen LogP) is 4.29. The fourth-order valence-electron chi connectivity index (χ4n) is 6.10. The van der Waals surface area contributed by atoms with Gasteiger partial charge in [0.2, 0.25) is 0 Å². The Balaban J connectivity index is 1.87. The van der Waals surface area contributed by atoms with Crippen molar-refractivity contribution >= 4 is 10.9 Å². The molecule has 1 saturated heterocycles. The molecule has 0 spiro atoms. The molecule has 1 aromatic carbocycles. The minimum absolute atomic E-state index is 0.00635. The third kappa shape index (κ3) is 1.64. The SMILES string of the molecule is CC[C@]12CCC[N+]3([O-])CCc4c(n(c5ccccc45)[C@H](OC)C1)[C@H]23. The summed E-state index contributed by atoms with van der Waals surface area (Å²) < 4.78 is 8.33. The number of methoxy groups -OCH3 is 1. The lowest BCUT2D eigenvalue weighted by Gasteiger charge is -2.63. The quantitative estimate of drug-likeness (QED) is 0.610. The number of ether oxygens (including phenoxy) is 1. The van der Waals surface area contributed by atoms with Gasteiger partial charge in [0.25, 0.3) is 0 Å². The summed E-state index contributed by atoms with van der Waals surface area (Å²) >= 11 is 0. The van der Waals surface area contributed by atoms with Crippen LogP contribution in [0.1, 0.15) is 56.1 Å². The van der Waals surface area contributed by atoms with Crippen LogP contribution in [0.3, 0.4) is 0 Å². The standard InChI is InChI=1S/C20H26N2O2/c1-3-20-10-6-11-22(23)12-9-15-14-7-4-5-8-16(14)21(17(13-20)24-2)18(15)19(20)22/h4-5,7-8,17,19H,3,6,9-13H2,1-2H3/t17-,19-,20+,22?/m1/s1. The van der Waals surface area contributed by atoms with Crippen molar-refractivity contribution < 1.29 is 9.38 Å². The van der Waals surface area contributed by atoms with Crippen molar-refractivity contribution in [2.24, 2.45) is 5.41 Å². The molecule has 1 unspecified atom stereocenters. The molecule has 3 aliphatic heterocycles. The molecule has 0 saturated carbocycles. The lowest BCUT2D eigenvalue weighted by Crippen LogP contribution is -2.61. The van der Waals surface area contributed by atoms with E-state index in [1.807, 2.05) is 7.11 Å². The van der Waals surface area contributed by atoms with Crippen LogP contribution in [0.5, 0.6) is 0 Å². The fourth-order valence-corrected chi connectivity index (χ4v) is 6.10. The Morgan fingerprint density at radius 1 is 1.33 bits per heavy atom. The van der Waals surface area contributed by atoms with E-state index < -0.39 is 0 Å². The van der Waals surface area contributed by atoms with E-state index in [9.17, 15) is 5.21 Å². The van der Waals surface area contributed by atoms with E-state index in [4.69, 9.17) is 4.74 Å². The molecule has 0 amide bonds. The number of aromatic nitrogens is 1. The van der Waals surface area contributed by atoms with E-state index >= 15 is 0 Å². The highest BCUT2D eigenvalue weighted by Crippen LogP contribution is 2.62. The van der Waals surface area contributed by atoms with Gasteiger partial charge >= 0.3 is 0 Å². The number of hydrogen-bond donors (Lipinski definition) is 0. The average Bonchev–Trinajstić information content (AvgIpc) is 2.94. The predicted molar refractivity (Wildman–Crippen MR) is 94.4 cm³/mol. The zero-order valence-electron chi connectivity index (χ0n) is 14.6. The molecule has 0 N–H and O–H groups in total. The van der Waals surface area contributed by atoms with Crippen LogP contribution in [-0.2, 0) is 11.2 Å². The summed E-state index contributed by atoms with van der Waals surface area (Å²) in [6.07, 6.45) is 5.22. The third-order valence-corrected chi connectivity index (χ3v) is 7.16. The summed E-state index contributed by atoms with van der Waals surface area (Å²) in [5, 5.41) is 15.1. The van der Waals surface area contributed by atoms with Gasteiger partial charge in [0.1, 0.15) is 12.3 Å². The highest BCUT2D eigenvalue weighted by molar-refractivity contribution is 5.86. The molecule has 24 heavy (non-hydrogen) atoms. The Hall–Kier alpha value is -1.36. The van der Waals surface area contributed by atoms with E-state index in [0.29, 0.717) is 0 Å². The van der Waals surface area contributed by atoms with Gasteiger partial charge in [-0.05, 0) is 30.9 Å². The lowest BCUT2D eigenvalue weighted by atomic mass is 9.64. The highest BCUT2D eigenvalue weighted by atomic mass is 16.5. The van der Waals surface area contributed by atoms with Crippen molar-refractivity contribution in [2.45, 2.75) is 51.3 Å². The number of nitrogens with zero attached hydrogens (tertiary/aromatic N) is 2. The van der Waals surface area contributed by atoms with Gasteiger partial charge in [0.05, 0.1) is 24.3 Å². The van der Waals surface area contributed by atoms with Crippen LogP contribution in [0, 0.1) is 10.6 Å². The van der Waals surface area contributed by atoms with Gasteiger partial charge in [-0.15, -0.1) is 0 Å². The lowest BCUT2D eigenvalue weighted by molar-refractivity contribution is -0.929. The van der Waals surface area contributed by atoms with Crippen molar-refractivity contribution in [3.8, 4) is 0 Å². The second kappa shape index (κ2) is 4.84. The maximum atomic E-state index is 13.8. The smallest absolute Gasteiger partial charge is 0.136 e. The van der Waals surface area contributed by atoms with Crippen molar-refractivity contribution in [1.82, 2.24) is 4.57 Å². The van der Waals surface area contributed by atoms with Crippen LogP contribution in [0.25, 0.3) is 10.9 Å². The van der Waals surface area contributed by atoms with Crippen LogP contribution >= 0.6 is 0 Å². The molecule has 1 fully saturated rings. The molecular weight excluding hydrogens is 300 g/mol. The first-order chi connectivity index (χ1) is 11.6. The second-order valence-electron chi connectivity index (χ2n) is 8.02. The normalized spacial score (nSPS) is 37.5. The van der Waals surface area contributed by atoms with Gasteiger partial charge in [-0.1, -0.05) is 25.1 Å². The average molecular weight is 326 g/mol. The first-order valence-corrected chi connectivity index (χ1v) is 9.36. The highest BCUT2D eigenvalue weighted by Gasteiger charge is 2.58. The van der Waals surface area contributed by atoms with Crippen molar-refractivity contribution in [3.05, 3.63) is 40.7 Å². The molecular formula is C20H26N2O2. The molecule has 5 rings (SSSR count). The number of rotatable bonds is 2. The maximum absolute atomic E-state index is 13.8. The minimum atomic E-state index is -0.00635. The molecule has 0 radical (unpaired) electrons. The Kier molecular flexibility index (Phi) is 3.01. The zero-order valence-corrected chi connectivity index (χ0v) is 14.6. The molecule has 1 aromatic heterocycles. The molecule has 0 bridgehead atoms. The largest absolute Gasteiger partial charge is 0.632 e. The fraction of sp³-hybridized carbons (Fsp3) is 0.600. The molecule has 3 aliphatic rings. The summed E-state index contributed by atoms with van der Waals surface area (Å²) in [5.74, 6) is 0. The number of hydrogen-bond acceptors (Lipinski definition) is 2. The topological polar surface area (TPSA) is 37.2 Å². The van der Waals surface area contributed by atoms with Crippen LogP contribution in [0.2, 0.25) is 0 Å². The molecule has 4 nitrogen and oxygen atoms in total. The monoisotopic (exact) mass is 326 g/mol. The maximum Gasteiger partial charge on any atom is 0.136 e. The van der Waals surface area contributed by atoms with Gasteiger partial charge in [-0.2, -0.15) is 0 Å². The van der Waals surface area contributed by atoms with Crippen LogP contribution in [0.15, 0.2) is 24.3 Å². The van der Waals surface area contributed by atoms with Gasteiger partial charge < -0.3 is 19.2 Å². The van der Waals surface area contributed by atoms with E-state index in [-0.39, 0.29) is 22.3 Å².